The van der Waals surface area contributed by atoms with Crippen LogP contribution in [0, 0.1) is 55.4 Å². The molecule has 0 saturated carbocycles. The largest absolute Gasteiger partial charge is 0.507 e. The van der Waals surface area contributed by atoms with Crippen LogP contribution < -0.4 is 0 Å². The summed E-state index contributed by atoms with van der Waals surface area (Å²) in [6.45, 7) is 17.6. The molecule has 0 heterocycles. The summed E-state index contributed by atoms with van der Waals surface area (Å²) in [6, 6.07) is 33.7. The first-order valence-corrected chi connectivity index (χ1v) is 21.3. The van der Waals surface area contributed by atoms with Crippen molar-refractivity contribution < 1.29 is 30.6 Å². The van der Waals surface area contributed by atoms with Gasteiger partial charge in [-0.1, -0.05) is 125 Å². The fourth-order valence-corrected chi connectivity index (χ4v) is 9.46. The van der Waals surface area contributed by atoms with Gasteiger partial charge in [-0.3, -0.25) is 0 Å². The average Bonchev–Trinajstić information content (AvgIpc) is 3.21. The normalized spacial score (nSPS) is 11.6. The number of aryl methyl sites for hydroxylation is 8. The lowest BCUT2D eigenvalue weighted by Gasteiger charge is -2.34. The summed E-state index contributed by atoms with van der Waals surface area (Å²) in [6.07, 6.45) is 0.979. The van der Waals surface area contributed by atoms with Crippen molar-refractivity contribution in [1.29, 1.82) is 0 Å². The van der Waals surface area contributed by atoms with E-state index < -0.39 is 5.41 Å². The summed E-state index contributed by atoms with van der Waals surface area (Å²) in [4.78, 5) is 0. The highest BCUT2D eigenvalue weighted by atomic mass is 16.3. The fourth-order valence-electron chi connectivity index (χ4n) is 9.46. The molecular weight excluding hydrogens is 769 g/mol. The monoisotopic (exact) mass is 826 g/mol. The van der Waals surface area contributed by atoms with E-state index in [1.807, 2.05) is 146 Å². The van der Waals surface area contributed by atoms with Crippen molar-refractivity contribution in [2.24, 2.45) is 0 Å². The molecule has 0 bridgehead atoms. The Balaban J connectivity index is 1.53. The molecule has 0 aliphatic rings. The summed E-state index contributed by atoms with van der Waals surface area (Å²) in [5, 5.41) is 69.8. The number of hydrogen-bond acceptors (Lipinski definition) is 6. The molecule has 6 nitrogen and oxygen atoms in total. The van der Waals surface area contributed by atoms with Gasteiger partial charge in [-0.15, -0.1) is 0 Å². The van der Waals surface area contributed by atoms with Crippen molar-refractivity contribution in [3.8, 4) is 34.5 Å². The zero-order chi connectivity index (χ0) is 44.8. The number of phenols is 6. The second-order valence-electron chi connectivity index (χ2n) is 17.8. The van der Waals surface area contributed by atoms with Gasteiger partial charge in [0.15, 0.2) is 0 Å². The highest BCUT2D eigenvalue weighted by Crippen LogP contribution is 2.46. The third-order valence-electron chi connectivity index (χ3n) is 12.7. The van der Waals surface area contributed by atoms with Crippen LogP contribution in [0.25, 0.3) is 0 Å². The minimum atomic E-state index is -0.917. The van der Waals surface area contributed by atoms with Crippen LogP contribution >= 0.6 is 0 Å². The number of rotatable bonds is 11. The van der Waals surface area contributed by atoms with Gasteiger partial charge >= 0.3 is 0 Å². The van der Waals surface area contributed by atoms with E-state index in [4.69, 9.17) is 0 Å². The maximum Gasteiger partial charge on any atom is 0.122 e. The molecule has 0 fully saturated rings. The van der Waals surface area contributed by atoms with Gasteiger partial charge in [0.2, 0.25) is 0 Å². The zero-order valence-corrected chi connectivity index (χ0v) is 37.3. The molecule has 6 N–H and O–H groups in total. The second-order valence-corrected chi connectivity index (χ2v) is 17.8. The van der Waals surface area contributed by atoms with Crippen molar-refractivity contribution in [2.75, 3.05) is 0 Å². The van der Waals surface area contributed by atoms with Gasteiger partial charge in [-0.05, 0) is 146 Å². The Morgan fingerprint density at radius 1 is 0.306 bits per heavy atom. The first-order valence-electron chi connectivity index (χ1n) is 21.3. The SMILES string of the molecule is Cc1cc(C)c(O)c(Cc2cc(C(C)(c3ccccc3)c3cc(Cc4cc(C)cc(C)c4O)c(O)c(Cc4cc(C)cc(C)c4O)c3)cc(Cc3cc(C)cc(C)c3O)c2O)c1. The Morgan fingerprint density at radius 3 is 0.806 bits per heavy atom. The smallest absolute Gasteiger partial charge is 0.122 e. The van der Waals surface area contributed by atoms with Crippen molar-refractivity contribution in [1.82, 2.24) is 0 Å². The Hall–Kier alpha value is -6.66. The van der Waals surface area contributed by atoms with Gasteiger partial charge in [0.05, 0.1) is 0 Å². The highest BCUT2D eigenvalue weighted by Gasteiger charge is 2.35. The van der Waals surface area contributed by atoms with Crippen LogP contribution in [0.4, 0.5) is 0 Å². The van der Waals surface area contributed by atoms with Crippen LogP contribution in [0.5, 0.6) is 34.5 Å². The maximum atomic E-state index is 12.3. The topological polar surface area (TPSA) is 121 Å². The molecule has 7 aromatic carbocycles. The predicted octanol–water partition coefficient (Wildman–Crippen LogP) is 12.1. The molecule has 0 spiro atoms. The molecule has 0 aliphatic heterocycles. The standard InChI is InChI=1S/C56H58O6/c1-31-15-35(5)50(57)39(19-31)23-43-27-48(28-44(54(43)61)24-40-20-32(2)16-36(6)51(40)58)56(9,47-13-11-10-12-14-47)49-29-45(25-41-21-33(3)17-37(7)52(41)59)55(62)46(30-49)26-42-22-34(4)18-38(8)53(42)60/h10-22,27-30,57-62H,23-26H2,1-9H3. The third kappa shape index (κ3) is 8.47. The van der Waals surface area contributed by atoms with Crippen LogP contribution in [0.2, 0.25) is 0 Å². The van der Waals surface area contributed by atoms with E-state index >= 15 is 0 Å². The Labute approximate surface area is 366 Å². The fraction of sp³-hybridized carbons (Fsp3) is 0.250. The third-order valence-corrected chi connectivity index (χ3v) is 12.7. The second kappa shape index (κ2) is 17.0. The summed E-state index contributed by atoms with van der Waals surface area (Å²) >= 11 is 0. The lowest BCUT2D eigenvalue weighted by molar-refractivity contribution is 0.454. The van der Waals surface area contributed by atoms with Gasteiger partial charge in [0.25, 0.3) is 0 Å². The molecule has 0 saturated heterocycles. The van der Waals surface area contributed by atoms with Gasteiger partial charge in [-0.2, -0.15) is 0 Å². The summed E-state index contributed by atoms with van der Waals surface area (Å²) in [7, 11) is 0. The molecule has 7 rings (SSSR count). The van der Waals surface area contributed by atoms with Crippen molar-refractivity contribution in [3.63, 3.8) is 0 Å². The number of aromatic hydroxyl groups is 6. The molecule has 7 aromatic rings. The summed E-state index contributed by atoms with van der Waals surface area (Å²) < 4.78 is 0. The molecule has 0 amide bonds. The van der Waals surface area contributed by atoms with Gasteiger partial charge in [0.1, 0.15) is 34.5 Å². The Kier molecular flexibility index (Phi) is 11.9. The minimum absolute atomic E-state index is 0.0870. The molecular formula is C56H58O6. The van der Waals surface area contributed by atoms with Gasteiger partial charge < -0.3 is 30.6 Å². The molecule has 0 aliphatic carbocycles. The van der Waals surface area contributed by atoms with Crippen LogP contribution in [0.1, 0.15) is 113 Å². The summed E-state index contributed by atoms with van der Waals surface area (Å²) in [5.41, 5.74) is 13.9. The first kappa shape index (κ1) is 43.4. The van der Waals surface area contributed by atoms with Crippen molar-refractivity contribution in [2.45, 2.75) is 93.4 Å². The maximum absolute atomic E-state index is 12.3. The van der Waals surface area contributed by atoms with E-state index in [1.165, 1.54) is 0 Å². The Morgan fingerprint density at radius 2 is 0.548 bits per heavy atom. The van der Waals surface area contributed by atoms with E-state index in [1.54, 1.807) is 0 Å². The Bertz CT molecular complexity index is 2520. The zero-order valence-electron chi connectivity index (χ0n) is 37.3. The predicted molar refractivity (Wildman–Crippen MR) is 250 cm³/mol. The van der Waals surface area contributed by atoms with Gasteiger partial charge in [-0.25, -0.2) is 0 Å². The quantitative estimate of drug-likeness (QED) is 0.0723. The van der Waals surface area contributed by atoms with Crippen LogP contribution in [0.15, 0.2) is 103 Å². The molecule has 0 aromatic heterocycles. The minimum Gasteiger partial charge on any atom is -0.507 e. The van der Waals surface area contributed by atoms with E-state index in [9.17, 15) is 30.6 Å². The molecule has 62 heavy (non-hydrogen) atoms. The van der Waals surface area contributed by atoms with E-state index in [0.29, 0.717) is 44.5 Å². The van der Waals surface area contributed by atoms with Crippen LogP contribution in [0.3, 0.4) is 0 Å². The molecule has 0 unspecified atom stereocenters. The number of hydrogen-bond donors (Lipinski definition) is 6. The highest BCUT2D eigenvalue weighted by molar-refractivity contribution is 5.62. The van der Waals surface area contributed by atoms with Crippen LogP contribution in [-0.4, -0.2) is 30.6 Å². The van der Waals surface area contributed by atoms with E-state index in [-0.39, 0.29) is 60.2 Å². The van der Waals surface area contributed by atoms with Crippen LogP contribution in [-0.2, 0) is 31.1 Å². The lowest BCUT2D eigenvalue weighted by Crippen LogP contribution is -2.26. The van der Waals surface area contributed by atoms with Gasteiger partial charge in [0, 0.05) is 31.1 Å². The lowest BCUT2D eigenvalue weighted by atomic mass is 9.69. The van der Waals surface area contributed by atoms with E-state index in [0.717, 1.165) is 61.2 Å². The molecule has 318 valence electrons. The van der Waals surface area contributed by atoms with E-state index in [2.05, 4.69) is 19.1 Å². The molecule has 0 atom stereocenters. The molecule has 0 radical (unpaired) electrons. The number of benzene rings is 7. The average molecular weight is 827 g/mol. The number of phenolic OH excluding ortho intramolecular Hbond substituents is 6. The van der Waals surface area contributed by atoms with Crippen molar-refractivity contribution >= 4 is 0 Å². The van der Waals surface area contributed by atoms with Crippen molar-refractivity contribution in [3.05, 3.63) is 209 Å². The molecule has 6 heteroatoms. The summed E-state index contributed by atoms with van der Waals surface area (Å²) in [5.74, 6) is 0.884. The first-order chi connectivity index (χ1) is 29.3.